The minimum Gasteiger partial charge on any atom is -0.423 e. The Hall–Kier alpha value is -4.29. The normalized spacial score (nSPS) is 12.1. The van der Waals surface area contributed by atoms with Gasteiger partial charge in [-0.2, -0.15) is 0 Å². The van der Waals surface area contributed by atoms with Crippen molar-refractivity contribution in [2.24, 2.45) is 0 Å². The summed E-state index contributed by atoms with van der Waals surface area (Å²) in [6.07, 6.45) is 1.80. The first kappa shape index (κ1) is 19.4. The highest BCUT2D eigenvalue weighted by Crippen LogP contribution is 2.22. The maximum Gasteiger partial charge on any atom is 0.344 e. The van der Waals surface area contributed by atoms with Gasteiger partial charge in [0.2, 0.25) is 0 Å². The van der Waals surface area contributed by atoms with E-state index in [0.717, 1.165) is 27.4 Å². The lowest BCUT2D eigenvalue weighted by Crippen LogP contribution is -2.22. The topological polar surface area (TPSA) is 60.7 Å². The highest BCUT2D eigenvalue weighted by Gasteiger charge is 2.13. The number of ether oxygens (including phenoxy) is 1. The van der Waals surface area contributed by atoms with Crippen molar-refractivity contribution < 1.29 is 9.53 Å². The van der Waals surface area contributed by atoms with Gasteiger partial charge in [-0.15, -0.1) is 0 Å². The maximum atomic E-state index is 13.0. The first-order valence-corrected chi connectivity index (χ1v) is 11.2. The van der Waals surface area contributed by atoms with E-state index in [1.165, 1.54) is 11.3 Å². The lowest BCUT2D eigenvalue weighted by molar-refractivity contribution is 0.0737. The molecule has 6 rings (SSSR count). The van der Waals surface area contributed by atoms with Gasteiger partial charge < -0.3 is 4.74 Å². The molecule has 158 valence electrons. The zero-order valence-corrected chi connectivity index (χ0v) is 18.1. The van der Waals surface area contributed by atoms with Crippen LogP contribution < -0.4 is 14.8 Å². The molecule has 5 nitrogen and oxygen atoms in total. The fraction of sp³-hybridized carbons (Fsp3) is 0. The molecule has 0 spiro atoms. The monoisotopic (exact) mass is 448 g/mol. The summed E-state index contributed by atoms with van der Waals surface area (Å²) in [7, 11) is 0. The van der Waals surface area contributed by atoms with Crippen molar-refractivity contribution in [2.45, 2.75) is 0 Å². The van der Waals surface area contributed by atoms with Crippen LogP contribution in [0.25, 0.3) is 32.8 Å². The molecule has 6 heteroatoms. The van der Waals surface area contributed by atoms with Gasteiger partial charge in [0, 0.05) is 0 Å². The summed E-state index contributed by atoms with van der Waals surface area (Å²) >= 11 is 1.34. The molecular weight excluding hydrogens is 432 g/mol. The molecule has 0 aliphatic heterocycles. The molecule has 0 bridgehead atoms. The van der Waals surface area contributed by atoms with Crippen molar-refractivity contribution in [3.63, 3.8) is 0 Å². The van der Waals surface area contributed by atoms with Crippen LogP contribution in [0.15, 0.2) is 95.8 Å². The molecule has 0 radical (unpaired) electrons. The average Bonchev–Trinajstić information content (AvgIpc) is 3.35. The van der Waals surface area contributed by atoms with Gasteiger partial charge in [0.25, 0.3) is 5.56 Å². The highest BCUT2D eigenvalue weighted by atomic mass is 32.1. The number of benzene rings is 4. The van der Waals surface area contributed by atoms with Gasteiger partial charge in [-0.25, -0.2) is 14.2 Å². The Morgan fingerprint density at radius 3 is 2.64 bits per heavy atom. The van der Waals surface area contributed by atoms with E-state index < -0.39 is 5.97 Å². The fourth-order valence-corrected chi connectivity index (χ4v) is 4.98. The van der Waals surface area contributed by atoms with E-state index in [-0.39, 0.29) is 5.56 Å². The molecule has 2 heterocycles. The van der Waals surface area contributed by atoms with E-state index in [1.807, 2.05) is 66.7 Å². The quantitative estimate of drug-likeness (QED) is 0.287. The zero-order chi connectivity index (χ0) is 22.4. The van der Waals surface area contributed by atoms with Crippen molar-refractivity contribution in [2.75, 3.05) is 0 Å². The number of thiazole rings is 1. The third kappa shape index (κ3) is 3.37. The van der Waals surface area contributed by atoms with Crippen LogP contribution >= 0.6 is 11.3 Å². The Labute approximate surface area is 191 Å². The van der Waals surface area contributed by atoms with E-state index in [1.54, 1.807) is 34.7 Å². The Kier molecular flexibility index (Phi) is 4.52. The van der Waals surface area contributed by atoms with Gasteiger partial charge in [-0.1, -0.05) is 72.0 Å². The van der Waals surface area contributed by atoms with Crippen LogP contribution in [-0.4, -0.2) is 15.4 Å². The predicted octanol–water partition coefficient (Wildman–Crippen LogP) is 4.83. The second-order valence-corrected chi connectivity index (χ2v) is 8.63. The van der Waals surface area contributed by atoms with E-state index in [2.05, 4.69) is 4.98 Å². The smallest absolute Gasteiger partial charge is 0.344 e. The van der Waals surface area contributed by atoms with Gasteiger partial charge in [-0.3, -0.25) is 4.79 Å². The molecule has 0 atom stereocenters. The molecule has 0 aliphatic rings. The number of para-hydroxylation sites is 2. The number of fused-ring (bicyclic) bond motifs is 4. The molecule has 33 heavy (non-hydrogen) atoms. The van der Waals surface area contributed by atoms with Crippen molar-refractivity contribution in [3.8, 4) is 5.75 Å². The Morgan fingerprint density at radius 1 is 0.909 bits per heavy atom. The summed E-state index contributed by atoms with van der Waals surface area (Å²) in [5, 5.41) is 1.82. The maximum absolute atomic E-state index is 13.0. The van der Waals surface area contributed by atoms with Crippen LogP contribution in [0.1, 0.15) is 15.9 Å². The summed E-state index contributed by atoms with van der Waals surface area (Å²) in [6, 6.07) is 28.0. The number of nitrogens with zero attached hydrogens (tertiary/aromatic N) is 2. The molecule has 0 amide bonds. The van der Waals surface area contributed by atoms with Crippen LogP contribution in [0.3, 0.4) is 0 Å². The van der Waals surface area contributed by atoms with Gasteiger partial charge >= 0.3 is 5.97 Å². The van der Waals surface area contributed by atoms with Gasteiger partial charge in [0.15, 0.2) is 4.96 Å². The van der Waals surface area contributed by atoms with E-state index in [4.69, 9.17) is 4.74 Å². The third-order valence-corrected chi connectivity index (χ3v) is 6.49. The molecule has 0 fully saturated rings. The predicted molar refractivity (Wildman–Crippen MR) is 131 cm³/mol. The van der Waals surface area contributed by atoms with E-state index in [9.17, 15) is 9.59 Å². The third-order valence-electron chi connectivity index (χ3n) is 5.52. The Morgan fingerprint density at radius 2 is 1.70 bits per heavy atom. The van der Waals surface area contributed by atoms with Crippen LogP contribution in [0.4, 0.5) is 0 Å². The van der Waals surface area contributed by atoms with Crippen molar-refractivity contribution in [1.29, 1.82) is 0 Å². The molecule has 0 N–H and O–H groups in total. The first-order chi connectivity index (χ1) is 16.2. The van der Waals surface area contributed by atoms with Crippen molar-refractivity contribution >= 4 is 50.1 Å². The number of carbonyl (C=O) groups excluding carboxylic acids is 1. The molecule has 4 aromatic carbocycles. The molecule has 6 aromatic rings. The molecule has 0 aliphatic carbocycles. The Bertz CT molecular complexity index is 1790. The number of carbonyl (C=O) groups is 1. The summed E-state index contributed by atoms with van der Waals surface area (Å²) in [5.41, 5.74) is 2.77. The molecule has 2 aromatic heterocycles. The van der Waals surface area contributed by atoms with Crippen LogP contribution in [-0.2, 0) is 0 Å². The standard InChI is InChI=1S/C27H16N2O3S/c30-25-24(33-27-28-22-13-3-4-14-23(22)29(25)27)16-17-7-5-10-19(15-17)32-26(31)21-12-6-9-18-8-1-2-11-20(18)21/h1-16H. The highest BCUT2D eigenvalue weighted by molar-refractivity contribution is 7.15. The van der Waals surface area contributed by atoms with Crippen LogP contribution in [0.5, 0.6) is 5.75 Å². The van der Waals surface area contributed by atoms with E-state index >= 15 is 0 Å². The molecular formula is C27H16N2O3S. The lowest BCUT2D eigenvalue weighted by atomic mass is 10.0. The van der Waals surface area contributed by atoms with Crippen molar-refractivity contribution in [1.82, 2.24) is 9.38 Å². The van der Waals surface area contributed by atoms with Gasteiger partial charge in [-0.05, 0) is 52.7 Å². The van der Waals surface area contributed by atoms with Crippen LogP contribution in [0, 0.1) is 0 Å². The van der Waals surface area contributed by atoms with Gasteiger partial charge in [0.05, 0.1) is 21.1 Å². The number of hydrogen-bond acceptors (Lipinski definition) is 5. The summed E-state index contributed by atoms with van der Waals surface area (Å²) < 4.78 is 7.87. The summed E-state index contributed by atoms with van der Waals surface area (Å²) in [4.78, 5) is 31.1. The number of imidazole rings is 1. The minimum absolute atomic E-state index is 0.109. The largest absolute Gasteiger partial charge is 0.423 e. The molecule has 0 saturated heterocycles. The lowest BCUT2D eigenvalue weighted by Gasteiger charge is -2.07. The second kappa shape index (κ2) is 7.69. The zero-order valence-electron chi connectivity index (χ0n) is 17.3. The van der Waals surface area contributed by atoms with Crippen LogP contribution in [0.2, 0.25) is 0 Å². The average molecular weight is 449 g/mol. The molecule has 0 saturated carbocycles. The number of esters is 1. The van der Waals surface area contributed by atoms with Gasteiger partial charge in [0.1, 0.15) is 5.75 Å². The number of aromatic nitrogens is 2. The fourth-order valence-electron chi connectivity index (χ4n) is 4.00. The van der Waals surface area contributed by atoms with Crippen molar-refractivity contribution in [3.05, 3.63) is 117 Å². The summed E-state index contributed by atoms with van der Waals surface area (Å²) in [5.74, 6) is -0.00422. The Balaban J connectivity index is 1.35. The number of rotatable bonds is 3. The SMILES string of the molecule is O=C(Oc1cccc(C=c2sc3nc4ccccc4n3c2=O)c1)c1cccc2ccccc12. The minimum atomic E-state index is -0.422. The second-order valence-electron chi connectivity index (χ2n) is 7.62. The summed E-state index contributed by atoms with van der Waals surface area (Å²) in [6.45, 7) is 0. The first-order valence-electron chi connectivity index (χ1n) is 10.4. The molecule has 0 unspecified atom stereocenters. The van der Waals surface area contributed by atoms with E-state index in [0.29, 0.717) is 20.8 Å². The number of hydrogen-bond donors (Lipinski definition) is 0.